The number of methoxy groups -OCH3 is 1. The molecule has 0 bridgehead atoms. The van der Waals surface area contributed by atoms with E-state index in [1.807, 2.05) is 4.90 Å². The number of amides is 2. The van der Waals surface area contributed by atoms with Crippen molar-refractivity contribution in [1.29, 1.82) is 5.26 Å². The molecule has 1 saturated heterocycles. The van der Waals surface area contributed by atoms with E-state index in [-0.39, 0.29) is 30.5 Å². The Labute approximate surface area is 217 Å². The van der Waals surface area contributed by atoms with E-state index in [1.165, 1.54) is 7.11 Å². The summed E-state index contributed by atoms with van der Waals surface area (Å²) < 4.78 is 15.6. The molecule has 0 radical (unpaired) electrons. The van der Waals surface area contributed by atoms with Crippen molar-refractivity contribution in [2.24, 2.45) is 16.3 Å². The molecule has 2 N–H and O–H groups in total. The Morgan fingerprint density at radius 1 is 1.17 bits per heavy atom. The van der Waals surface area contributed by atoms with Crippen LogP contribution in [0.25, 0.3) is 0 Å². The highest BCUT2D eigenvalue weighted by Crippen LogP contribution is 2.32. The normalized spacial score (nSPS) is 16.3. The Morgan fingerprint density at radius 3 is 2.44 bits per heavy atom. The maximum atomic E-state index is 13.4. The highest BCUT2D eigenvalue weighted by atomic mass is 16.6. The number of alkyl carbamates (subject to hydrolysis) is 1. The van der Waals surface area contributed by atoms with Gasteiger partial charge in [0.25, 0.3) is 0 Å². The Morgan fingerprint density at radius 2 is 1.86 bits per heavy atom. The first kappa shape index (κ1) is 31.6. The average molecular weight is 510 g/mol. The molecular formula is C26H47N5O5. The monoisotopic (exact) mass is 509 g/mol. The molecule has 10 nitrogen and oxygen atoms in total. The van der Waals surface area contributed by atoms with E-state index in [2.05, 4.69) is 51.3 Å². The van der Waals surface area contributed by atoms with Crippen LogP contribution in [-0.2, 0) is 19.0 Å². The molecule has 1 heterocycles. The summed E-state index contributed by atoms with van der Waals surface area (Å²) in [5, 5.41) is 15.3. The number of nitriles is 1. The first-order chi connectivity index (χ1) is 17.1. The van der Waals surface area contributed by atoms with Gasteiger partial charge in [0, 0.05) is 20.2 Å². The van der Waals surface area contributed by atoms with Crippen LogP contribution in [-0.4, -0.2) is 81.6 Å². The molecule has 0 aliphatic carbocycles. The van der Waals surface area contributed by atoms with Crippen LogP contribution < -0.4 is 10.6 Å². The fourth-order valence-electron chi connectivity index (χ4n) is 3.60. The van der Waals surface area contributed by atoms with Gasteiger partial charge in [0.1, 0.15) is 18.7 Å². The fraction of sp³-hybridized carbons (Fsp3) is 0.846. The third kappa shape index (κ3) is 12.0. The minimum atomic E-state index is -0.786. The Bertz CT molecular complexity index is 729. The van der Waals surface area contributed by atoms with Crippen molar-refractivity contribution < 1.29 is 23.8 Å². The molecule has 1 rings (SSSR count). The van der Waals surface area contributed by atoms with E-state index in [0.717, 1.165) is 25.7 Å². The molecule has 2 amide bonds. The van der Waals surface area contributed by atoms with E-state index in [4.69, 9.17) is 19.2 Å². The van der Waals surface area contributed by atoms with Crippen LogP contribution in [0.4, 0.5) is 4.79 Å². The van der Waals surface area contributed by atoms with Crippen molar-refractivity contribution in [3.05, 3.63) is 0 Å². The number of morpholine rings is 1. The summed E-state index contributed by atoms with van der Waals surface area (Å²) in [5.41, 5.74) is -0.204. The third-order valence-electron chi connectivity index (χ3n) is 6.73. The molecule has 1 fully saturated rings. The summed E-state index contributed by atoms with van der Waals surface area (Å²) in [4.78, 5) is 32.5. The quantitative estimate of drug-likeness (QED) is 0.209. The zero-order valence-electron chi connectivity index (χ0n) is 23.1. The number of nitrogens with zero attached hydrogens (tertiary/aromatic N) is 3. The van der Waals surface area contributed by atoms with Gasteiger partial charge >= 0.3 is 6.09 Å². The maximum Gasteiger partial charge on any atom is 0.414 e. The lowest BCUT2D eigenvalue weighted by molar-refractivity contribution is -0.123. The predicted octanol–water partition coefficient (Wildman–Crippen LogP) is 3.47. The average Bonchev–Trinajstić information content (AvgIpc) is 2.85. The maximum absolute atomic E-state index is 13.4. The molecule has 0 aromatic rings. The van der Waals surface area contributed by atoms with Gasteiger partial charge in [-0.2, -0.15) is 5.26 Å². The third-order valence-corrected chi connectivity index (χ3v) is 6.73. The molecule has 36 heavy (non-hydrogen) atoms. The number of guanidine groups is 1. The molecule has 0 spiro atoms. The number of rotatable bonds is 14. The summed E-state index contributed by atoms with van der Waals surface area (Å²) in [6.45, 7) is 13.0. The summed E-state index contributed by atoms with van der Waals surface area (Å²) in [6.07, 6.45) is 4.53. The smallest absolute Gasteiger partial charge is 0.414 e. The Hall–Kier alpha value is -2.38. The molecule has 1 aliphatic heterocycles. The number of hydrogen-bond acceptors (Lipinski definition) is 7. The molecule has 1 unspecified atom stereocenters. The second-order valence-electron chi connectivity index (χ2n) is 10.2. The molecule has 0 saturated carbocycles. The number of hydrogen-bond donors (Lipinski definition) is 2. The summed E-state index contributed by atoms with van der Waals surface area (Å²) in [6, 6.07) is 0.857. The summed E-state index contributed by atoms with van der Waals surface area (Å²) >= 11 is 0. The van der Waals surface area contributed by atoms with Gasteiger partial charge in [-0.1, -0.05) is 60.3 Å². The van der Waals surface area contributed by atoms with Crippen LogP contribution in [0, 0.1) is 22.7 Å². The van der Waals surface area contributed by atoms with E-state index >= 15 is 0 Å². The molecule has 10 heteroatoms. The van der Waals surface area contributed by atoms with Crippen LogP contribution >= 0.6 is 0 Å². The molecular weight excluding hydrogens is 462 g/mol. The minimum Gasteiger partial charge on any atom is -0.447 e. The molecule has 0 aromatic carbocycles. The van der Waals surface area contributed by atoms with Gasteiger partial charge in [0.2, 0.25) is 11.9 Å². The topological polar surface area (TPSA) is 125 Å². The van der Waals surface area contributed by atoms with Crippen molar-refractivity contribution >= 4 is 18.0 Å². The number of carbonyl (C=O) groups is 2. The van der Waals surface area contributed by atoms with E-state index in [1.54, 1.807) is 0 Å². The van der Waals surface area contributed by atoms with Crippen molar-refractivity contribution in [1.82, 2.24) is 15.5 Å². The van der Waals surface area contributed by atoms with Gasteiger partial charge in [-0.3, -0.25) is 10.1 Å². The van der Waals surface area contributed by atoms with Gasteiger partial charge in [0.15, 0.2) is 0 Å². The summed E-state index contributed by atoms with van der Waals surface area (Å²) in [5.74, 6) is 0.255. The zero-order valence-corrected chi connectivity index (χ0v) is 23.1. The summed E-state index contributed by atoms with van der Waals surface area (Å²) in [7, 11) is 1.53. The van der Waals surface area contributed by atoms with E-state index in [9.17, 15) is 14.9 Å². The first-order valence-electron chi connectivity index (χ1n) is 13.2. The van der Waals surface area contributed by atoms with E-state index < -0.39 is 18.2 Å². The highest BCUT2D eigenvalue weighted by molar-refractivity contribution is 5.96. The predicted molar refractivity (Wildman–Crippen MR) is 140 cm³/mol. The number of unbranched alkanes of at least 4 members (excludes halogenated alkanes) is 3. The van der Waals surface area contributed by atoms with Crippen LogP contribution in [0.5, 0.6) is 0 Å². The lowest BCUT2D eigenvalue weighted by Gasteiger charge is -2.34. The number of aliphatic imine (C=N–C) groups is 1. The lowest BCUT2D eigenvalue weighted by Crippen LogP contribution is -2.51. The SMILES string of the molecule is CCCCCCC(C#N)NC(=O)[C@H](CC(C)(C)C(C)C)N=C(NC(=O)OCCOC)N1CCOCC1. The largest absolute Gasteiger partial charge is 0.447 e. The van der Waals surface area contributed by atoms with Crippen molar-refractivity contribution in [2.45, 2.75) is 85.2 Å². The van der Waals surface area contributed by atoms with Gasteiger partial charge in [-0.25, -0.2) is 9.79 Å². The van der Waals surface area contributed by atoms with Crippen molar-refractivity contribution in [2.75, 3.05) is 46.6 Å². The van der Waals surface area contributed by atoms with Crippen molar-refractivity contribution in [3.8, 4) is 6.07 Å². The number of ether oxygens (including phenoxy) is 3. The van der Waals surface area contributed by atoms with Crippen LogP contribution in [0.15, 0.2) is 4.99 Å². The lowest BCUT2D eigenvalue weighted by atomic mass is 9.76. The Balaban J connectivity index is 3.16. The zero-order chi connectivity index (χ0) is 27.0. The number of nitrogens with one attached hydrogen (secondary N) is 2. The second kappa shape index (κ2) is 17.1. The van der Waals surface area contributed by atoms with Crippen LogP contribution in [0.2, 0.25) is 0 Å². The molecule has 1 aliphatic rings. The van der Waals surface area contributed by atoms with Gasteiger partial charge in [-0.15, -0.1) is 0 Å². The second-order valence-corrected chi connectivity index (χ2v) is 10.2. The van der Waals surface area contributed by atoms with Gasteiger partial charge < -0.3 is 24.4 Å². The highest BCUT2D eigenvalue weighted by Gasteiger charge is 2.32. The standard InChI is InChI=1S/C26H47N5O5/c1-7-8-9-10-11-21(19-27)28-23(32)22(18-26(4,5)20(2)3)29-24(31-12-14-35-15-13-31)30-25(33)36-17-16-34-6/h20-22H,7-18H2,1-6H3,(H,28,32)(H,29,30,33)/t21?,22-/m0/s1. The van der Waals surface area contributed by atoms with E-state index in [0.29, 0.717) is 45.1 Å². The van der Waals surface area contributed by atoms with Crippen molar-refractivity contribution in [3.63, 3.8) is 0 Å². The Kier molecular flexibility index (Phi) is 15.1. The molecule has 2 atom stereocenters. The molecule has 0 aromatic heterocycles. The van der Waals surface area contributed by atoms with Crippen LogP contribution in [0.1, 0.15) is 73.1 Å². The first-order valence-corrected chi connectivity index (χ1v) is 13.2. The molecule has 206 valence electrons. The van der Waals surface area contributed by atoms with Gasteiger partial charge in [-0.05, 0) is 24.2 Å². The van der Waals surface area contributed by atoms with Crippen LogP contribution in [0.3, 0.4) is 0 Å². The fourth-order valence-corrected chi connectivity index (χ4v) is 3.60. The number of carbonyl (C=O) groups excluding carboxylic acids is 2. The minimum absolute atomic E-state index is 0.102. The van der Waals surface area contributed by atoms with Gasteiger partial charge in [0.05, 0.1) is 25.9 Å².